The smallest absolute Gasteiger partial charge is 0.303 e. The molecule has 4 rings (SSSR count). The summed E-state index contributed by atoms with van der Waals surface area (Å²) in [4.78, 5) is 41.6. The highest BCUT2D eigenvalue weighted by atomic mass is 16.5. The van der Waals surface area contributed by atoms with Gasteiger partial charge in [0.05, 0.1) is 7.11 Å². The predicted molar refractivity (Wildman–Crippen MR) is 104 cm³/mol. The molecule has 0 spiro atoms. The van der Waals surface area contributed by atoms with Crippen molar-refractivity contribution >= 4 is 17.5 Å². The number of imidazole rings is 1. The van der Waals surface area contributed by atoms with Crippen molar-refractivity contribution in [2.24, 2.45) is 0 Å². The standard InChI is InChI=1S/C22H18N2O5/c1-29-14-11-9-13(10-12-14)24-17(7-4-8-18(25)26)23-19-20(24)22(28)16-6-3-2-5-15(16)21(19)27/h2-3,5-6,9-12H,4,7-8H2,1H3,(H,25,26). The molecule has 0 bridgehead atoms. The Morgan fingerprint density at radius 2 is 1.69 bits per heavy atom. The Balaban J connectivity index is 1.87. The van der Waals surface area contributed by atoms with Crippen molar-refractivity contribution in [3.05, 3.63) is 76.9 Å². The van der Waals surface area contributed by atoms with Crippen molar-refractivity contribution in [1.29, 1.82) is 0 Å². The summed E-state index contributed by atoms with van der Waals surface area (Å²) in [6.07, 6.45) is 0.640. The summed E-state index contributed by atoms with van der Waals surface area (Å²) in [7, 11) is 1.56. The van der Waals surface area contributed by atoms with Gasteiger partial charge in [-0.3, -0.25) is 19.0 Å². The summed E-state index contributed by atoms with van der Waals surface area (Å²) >= 11 is 0. The minimum absolute atomic E-state index is 0.0255. The van der Waals surface area contributed by atoms with E-state index in [4.69, 9.17) is 9.84 Å². The molecular formula is C22H18N2O5. The van der Waals surface area contributed by atoms with Crippen molar-refractivity contribution in [1.82, 2.24) is 9.55 Å². The van der Waals surface area contributed by atoms with E-state index in [1.807, 2.05) is 0 Å². The molecule has 0 saturated carbocycles. The van der Waals surface area contributed by atoms with Crippen LogP contribution in [0.25, 0.3) is 5.69 Å². The molecule has 2 aromatic carbocycles. The Bertz CT molecular complexity index is 1130. The molecule has 0 aliphatic heterocycles. The van der Waals surface area contributed by atoms with E-state index in [2.05, 4.69) is 4.98 Å². The van der Waals surface area contributed by atoms with E-state index < -0.39 is 5.97 Å². The monoisotopic (exact) mass is 390 g/mol. The largest absolute Gasteiger partial charge is 0.497 e. The number of benzene rings is 2. The second-order valence-corrected chi connectivity index (χ2v) is 6.71. The lowest BCUT2D eigenvalue weighted by atomic mass is 9.90. The van der Waals surface area contributed by atoms with Crippen molar-refractivity contribution in [2.45, 2.75) is 19.3 Å². The number of methoxy groups -OCH3 is 1. The first-order chi connectivity index (χ1) is 14.0. The summed E-state index contributed by atoms with van der Waals surface area (Å²) < 4.78 is 6.85. The van der Waals surface area contributed by atoms with Crippen LogP contribution in [0.4, 0.5) is 0 Å². The number of aliphatic carboxylic acids is 1. The molecule has 1 aromatic heterocycles. The predicted octanol–water partition coefficient (Wildman–Crippen LogP) is 3.06. The number of fused-ring (bicyclic) bond motifs is 2. The number of carbonyl (C=O) groups excluding carboxylic acids is 2. The van der Waals surface area contributed by atoms with Crippen LogP contribution < -0.4 is 4.74 Å². The summed E-state index contributed by atoms with van der Waals surface area (Å²) in [5.41, 5.74) is 1.66. The zero-order valence-electron chi connectivity index (χ0n) is 15.7. The van der Waals surface area contributed by atoms with Gasteiger partial charge in [-0.1, -0.05) is 24.3 Å². The molecule has 1 aliphatic rings. The van der Waals surface area contributed by atoms with E-state index >= 15 is 0 Å². The number of ketones is 2. The third-order valence-corrected chi connectivity index (χ3v) is 4.92. The van der Waals surface area contributed by atoms with Crippen LogP contribution in [0.3, 0.4) is 0 Å². The summed E-state index contributed by atoms with van der Waals surface area (Å²) in [5, 5.41) is 8.95. The fourth-order valence-electron chi connectivity index (χ4n) is 3.54. The van der Waals surface area contributed by atoms with Gasteiger partial charge in [-0.2, -0.15) is 0 Å². The van der Waals surface area contributed by atoms with Crippen molar-refractivity contribution in [3.63, 3.8) is 0 Å². The Labute approximate surface area is 166 Å². The lowest BCUT2D eigenvalue weighted by Gasteiger charge is -2.16. The molecule has 1 N–H and O–H groups in total. The van der Waals surface area contributed by atoms with Crippen molar-refractivity contribution < 1.29 is 24.2 Å². The number of rotatable bonds is 6. The molecule has 0 unspecified atom stereocenters. The van der Waals surface area contributed by atoms with Gasteiger partial charge in [-0.25, -0.2) is 4.98 Å². The molecular weight excluding hydrogens is 372 g/mol. The van der Waals surface area contributed by atoms with E-state index in [1.165, 1.54) is 0 Å². The number of carboxylic acids is 1. The molecule has 1 heterocycles. The van der Waals surface area contributed by atoms with Crippen LogP contribution in [0.15, 0.2) is 48.5 Å². The number of hydrogen-bond acceptors (Lipinski definition) is 5. The van der Waals surface area contributed by atoms with Crippen LogP contribution >= 0.6 is 0 Å². The van der Waals surface area contributed by atoms with Crippen LogP contribution in [0.2, 0.25) is 0 Å². The molecule has 1 aliphatic carbocycles. The van der Waals surface area contributed by atoms with Crippen LogP contribution in [0, 0.1) is 0 Å². The molecule has 0 fully saturated rings. The summed E-state index contributed by atoms with van der Waals surface area (Å²) in [6, 6.07) is 13.8. The average Bonchev–Trinajstić information content (AvgIpc) is 3.11. The molecule has 0 saturated heterocycles. The van der Waals surface area contributed by atoms with Crippen molar-refractivity contribution in [3.8, 4) is 11.4 Å². The Morgan fingerprint density at radius 3 is 2.31 bits per heavy atom. The average molecular weight is 390 g/mol. The van der Waals surface area contributed by atoms with Crippen molar-refractivity contribution in [2.75, 3.05) is 7.11 Å². The first-order valence-corrected chi connectivity index (χ1v) is 9.17. The lowest BCUT2D eigenvalue weighted by molar-refractivity contribution is -0.137. The topological polar surface area (TPSA) is 98.5 Å². The summed E-state index contributed by atoms with van der Waals surface area (Å²) in [5.74, 6) is -0.347. The van der Waals surface area contributed by atoms with Gasteiger partial charge >= 0.3 is 5.97 Å². The number of hydrogen-bond donors (Lipinski definition) is 1. The fourth-order valence-corrected chi connectivity index (χ4v) is 3.54. The SMILES string of the molecule is COc1ccc(-n2c(CCCC(=O)O)nc3c2C(=O)c2ccccc2C3=O)cc1. The van der Waals surface area contributed by atoms with Gasteiger partial charge in [0.25, 0.3) is 0 Å². The second-order valence-electron chi connectivity index (χ2n) is 6.71. The third kappa shape index (κ3) is 3.20. The first kappa shape index (κ1) is 18.6. The van der Waals surface area contributed by atoms with Gasteiger partial charge < -0.3 is 9.84 Å². The quantitative estimate of drug-likeness (QED) is 0.543. The van der Waals surface area contributed by atoms with E-state index in [0.29, 0.717) is 41.2 Å². The number of aromatic nitrogens is 2. The number of nitrogens with zero attached hydrogens (tertiary/aromatic N) is 2. The van der Waals surface area contributed by atoms with E-state index in [9.17, 15) is 14.4 Å². The molecule has 29 heavy (non-hydrogen) atoms. The molecule has 0 amide bonds. The Kier molecular flexibility index (Phi) is 4.72. The maximum Gasteiger partial charge on any atom is 0.303 e. The van der Waals surface area contributed by atoms with Crippen LogP contribution in [-0.2, 0) is 11.2 Å². The van der Waals surface area contributed by atoms with Gasteiger partial charge in [0.15, 0.2) is 0 Å². The highest BCUT2D eigenvalue weighted by Crippen LogP contribution is 2.31. The molecule has 0 radical (unpaired) electrons. The minimum Gasteiger partial charge on any atom is -0.497 e. The van der Waals surface area contributed by atoms with Gasteiger partial charge in [0.1, 0.15) is 23.0 Å². The fraction of sp³-hybridized carbons (Fsp3) is 0.182. The van der Waals surface area contributed by atoms with E-state index in [-0.39, 0.29) is 29.4 Å². The van der Waals surface area contributed by atoms with E-state index in [0.717, 1.165) is 0 Å². The maximum atomic E-state index is 13.2. The number of ether oxygens (including phenoxy) is 1. The second kappa shape index (κ2) is 7.35. The van der Waals surface area contributed by atoms with E-state index in [1.54, 1.807) is 60.2 Å². The van der Waals surface area contributed by atoms with Crippen LogP contribution in [0.1, 0.15) is 50.8 Å². The highest BCUT2D eigenvalue weighted by Gasteiger charge is 2.35. The number of carbonyl (C=O) groups is 3. The number of carboxylic acid groups (broad SMARTS) is 1. The summed E-state index contributed by atoms with van der Waals surface area (Å²) in [6.45, 7) is 0. The zero-order chi connectivity index (χ0) is 20.5. The lowest BCUT2D eigenvalue weighted by Crippen LogP contribution is -2.23. The molecule has 3 aromatic rings. The van der Waals surface area contributed by atoms with Gasteiger partial charge in [0, 0.05) is 29.7 Å². The van der Waals surface area contributed by atoms with Crippen LogP contribution in [-0.4, -0.2) is 39.3 Å². The molecule has 0 atom stereocenters. The Morgan fingerprint density at radius 1 is 1.03 bits per heavy atom. The molecule has 7 heteroatoms. The highest BCUT2D eigenvalue weighted by molar-refractivity contribution is 6.27. The normalized spacial score (nSPS) is 12.4. The number of aryl methyl sites for hydroxylation is 1. The maximum absolute atomic E-state index is 13.2. The molecule has 7 nitrogen and oxygen atoms in total. The first-order valence-electron chi connectivity index (χ1n) is 9.17. The van der Waals surface area contributed by atoms with Gasteiger partial charge in [-0.05, 0) is 30.7 Å². The zero-order valence-corrected chi connectivity index (χ0v) is 15.7. The minimum atomic E-state index is -0.906. The van der Waals surface area contributed by atoms with Gasteiger partial charge in [0.2, 0.25) is 11.6 Å². The molecule has 146 valence electrons. The van der Waals surface area contributed by atoms with Crippen LogP contribution in [0.5, 0.6) is 5.75 Å². The van der Waals surface area contributed by atoms with Gasteiger partial charge in [-0.15, -0.1) is 0 Å². The Hall–Kier alpha value is -3.74. The third-order valence-electron chi connectivity index (χ3n) is 4.92.